The van der Waals surface area contributed by atoms with Crippen LogP contribution in [0.2, 0.25) is 39.3 Å². The van der Waals surface area contributed by atoms with Gasteiger partial charge in [-0.05, 0) is 32.5 Å². The smallest absolute Gasteiger partial charge is 0.312 e. The van der Waals surface area contributed by atoms with E-state index < -0.39 is 22.1 Å². The van der Waals surface area contributed by atoms with Gasteiger partial charge in [-0.1, -0.05) is 39.9 Å². The van der Waals surface area contributed by atoms with E-state index in [0.717, 1.165) is 6.42 Å². The van der Waals surface area contributed by atoms with Gasteiger partial charge in [0.2, 0.25) is 8.32 Å². The normalized spacial score (nSPS) is 18.1. The van der Waals surface area contributed by atoms with E-state index in [1.165, 1.54) is 0 Å². The second kappa shape index (κ2) is 5.88. The van der Waals surface area contributed by atoms with Gasteiger partial charge in [0, 0.05) is 0 Å². The lowest BCUT2D eigenvalue weighted by molar-refractivity contribution is -0.143. The van der Waals surface area contributed by atoms with E-state index in [2.05, 4.69) is 58.1 Å². The molecule has 0 aliphatic carbocycles. The minimum absolute atomic E-state index is 0.0709. The maximum Gasteiger partial charge on any atom is 0.312 e. The summed E-state index contributed by atoms with van der Waals surface area (Å²) in [5.41, 5.74) is -0.556. The molecule has 0 aliphatic rings. The number of rotatable bonds is 6. The Balaban J connectivity index is 5.16. The van der Waals surface area contributed by atoms with Crippen molar-refractivity contribution in [3.8, 4) is 0 Å². The molecule has 108 valence electrons. The van der Waals surface area contributed by atoms with Gasteiger partial charge >= 0.3 is 5.97 Å². The summed E-state index contributed by atoms with van der Waals surface area (Å²) in [6, 6.07) is 0. The average molecular weight is 290 g/mol. The van der Waals surface area contributed by atoms with Crippen LogP contribution in [0.3, 0.4) is 0 Å². The number of carbonyl (C=O) groups is 1. The fourth-order valence-electron chi connectivity index (χ4n) is 1.95. The Kier molecular flexibility index (Phi) is 5.84. The van der Waals surface area contributed by atoms with Crippen molar-refractivity contribution in [1.29, 1.82) is 0 Å². The second-order valence-electron chi connectivity index (χ2n) is 7.39. The van der Waals surface area contributed by atoms with Gasteiger partial charge in [0.25, 0.3) is 0 Å². The highest BCUT2D eigenvalue weighted by molar-refractivity contribution is 6.74. The van der Waals surface area contributed by atoms with E-state index in [9.17, 15) is 4.79 Å². The molecule has 0 aliphatic heterocycles. The van der Waals surface area contributed by atoms with E-state index in [1.807, 2.05) is 6.92 Å². The van der Waals surface area contributed by atoms with E-state index in [4.69, 9.17) is 4.43 Å². The summed E-state index contributed by atoms with van der Waals surface area (Å²) in [6.07, 6.45) is 0.967. The maximum absolute atomic E-state index is 12.5. The van der Waals surface area contributed by atoms with Gasteiger partial charge in [0.15, 0.2) is 0 Å². The summed E-state index contributed by atoms with van der Waals surface area (Å²) in [6.45, 7) is 19.1. The summed E-state index contributed by atoms with van der Waals surface area (Å²) < 4.78 is 5.73. The van der Waals surface area contributed by atoms with Gasteiger partial charge in [-0.2, -0.15) is 0 Å². The molecule has 2 unspecified atom stereocenters. The third kappa shape index (κ3) is 5.67. The Labute approximate surface area is 115 Å². The van der Waals surface area contributed by atoms with Crippen molar-refractivity contribution in [2.45, 2.75) is 72.0 Å². The van der Waals surface area contributed by atoms with Crippen LogP contribution in [0.4, 0.5) is 0 Å². The first-order valence-corrected chi connectivity index (χ1v) is 13.8. The molecule has 0 bridgehead atoms. The van der Waals surface area contributed by atoms with Crippen LogP contribution in [0.25, 0.3) is 0 Å². The molecule has 5 heteroatoms. The van der Waals surface area contributed by atoms with Crippen LogP contribution in [-0.4, -0.2) is 28.1 Å². The first-order chi connectivity index (χ1) is 7.82. The van der Waals surface area contributed by atoms with Crippen molar-refractivity contribution in [2.75, 3.05) is 0 Å². The molecule has 0 rings (SSSR count). The zero-order valence-corrected chi connectivity index (χ0v) is 15.6. The predicted molar refractivity (Wildman–Crippen MR) is 83.8 cm³/mol. The molecule has 0 aromatic heterocycles. The molecule has 0 saturated heterocycles. The van der Waals surface area contributed by atoms with Crippen molar-refractivity contribution in [1.82, 2.24) is 4.98 Å². The van der Waals surface area contributed by atoms with Crippen molar-refractivity contribution >= 4 is 22.5 Å². The second-order valence-corrected chi connectivity index (χ2v) is 16.6. The van der Waals surface area contributed by atoms with Gasteiger partial charge in [-0.15, -0.1) is 0 Å². The molecule has 2 atom stereocenters. The zero-order valence-electron chi connectivity index (χ0n) is 13.6. The fourth-order valence-corrected chi connectivity index (χ4v) is 4.62. The molecular formula is C13H31NO2Si2. The number of hydrogen-bond donors (Lipinski definition) is 1. The van der Waals surface area contributed by atoms with Crippen LogP contribution in [-0.2, 0) is 9.22 Å². The topological polar surface area (TPSA) is 38.3 Å². The highest BCUT2D eigenvalue weighted by Gasteiger charge is 2.43. The van der Waals surface area contributed by atoms with E-state index in [-0.39, 0.29) is 11.9 Å². The molecule has 0 radical (unpaired) electrons. The summed E-state index contributed by atoms with van der Waals surface area (Å²) in [4.78, 5) is 16.1. The van der Waals surface area contributed by atoms with Crippen LogP contribution in [0.15, 0.2) is 0 Å². The Morgan fingerprint density at radius 3 is 1.94 bits per heavy atom. The lowest BCUT2D eigenvalue weighted by Crippen LogP contribution is -2.64. The minimum atomic E-state index is -1.84. The molecule has 18 heavy (non-hydrogen) atoms. The largest absolute Gasteiger partial charge is 0.519 e. The van der Waals surface area contributed by atoms with Crippen molar-refractivity contribution in [3.05, 3.63) is 0 Å². The monoisotopic (exact) mass is 289 g/mol. The van der Waals surface area contributed by atoms with E-state index in [0.29, 0.717) is 0 Å². The van der Waals surface area contributed by atoms with Crippen LogP contribution in [0, 0.1) is 5.92 Å². The third-order valence-corrected chi connectivity index (χ3v) is 5.12. The first-order valence-electron chi connectivity index (χ1n) is 6.84. The van der Waals surface area contributed by atoms with Crippen LogP contribution in [0.5, 0.6) is 0 Å². The quantitative estimate of drug-likeness (QED) is 0.759. The van der Waals surface area contributed by atoms with Crippen molar-refractivity contribution in [2.24, 2.45) is 5.92 Å². The average Bonchev–Trinajstić information content (AvgIpc) is 2.10. The van der Waals surface area contributed by atoms with Crippen molar-refractivity contribution < 1.29 is 9.22 Å². The first kappa shape index (κ1) is 17.9. The van der Waals surface area contributed by atoms with E-state index in [1.54, 1.807) is 0 Å². The zero-order chi connectivity index (χ0) is 14.8. The fraction of sp³-hybridized carbons (Fsp3) is 0.923. The van der Waals surface area contributed by atoms with Gasteiger partial charge < -0.3 is 9.41 Å². The Bertz CT molecular complexity index is 294. The van der Waals surface area contributed by atoms with Crippen molar-refractivity contribution in [3.63, 3.8) is 0 Å². The summed E-state index contributed by atoms with van der Waals surface area (Å²) >= 11 is 0. The van der Waals surface area contributed by atoms with Crippen LogP contribution >= 0.6 is 0 Å². The SMILES string of the molecule is CCC(C)C(C)(N[Si](C)(C)C)C(=O)O[Si](C)(C)C. The third-order valence-electron chi connectivity index (χ3n) is 3.06. The summed E-state index contributed by atoms with van der Waals surface area (Å²) in [7, 11) is -3.38. The number of hydrogen-bond acceptors (Lipinski definition) is 3. The minimum Gasteiger partial charge on any atom is -0.519 e. The highest BCUT2D eigenvalue weighted by Crippen LogP contribution is 2.25. The molecule has 3 nitrogen and oxygen atoms in total. The van der Waals surface area contributed by atoms with Gasteiger partial charge in [0.1, 0.15) is 13.8 Å². The Hall–Kier alpha value is -0.136. The molecule has 0 amide bonds. The molecule has 0 spiro atoms. The molecule has 0 saturated carbocycles. The molecule has 1 N–H and O–H groups in total. The van der Waals surface area contributed by atoms with Crippen LogP contribution < -0.4 is 4.98 Å². The van der Waals surface area contributed by atoms with Crippen LogP contribution in [0.1, 0.15) is 27.2 Å². The summed E-state index contributed by atoms with van der Waals surface area (Å²) in [5.74, 6) is 0.200. The van der Waals surface area contributed by atoms with Gasteiger partial charge in [0.05, 0.1) is 0 Å². The highest BCUT2D eigenvalue weighted by atomic mass is 28.4. The summed E-state index contributed by atoms with van der Waals surface area (Å²) in [5, 5.41) is 0. The van der Waals surface area contributed by atoms with Gasteiger partial charge in [-0.25, -0.2) is 0 Å². The molecule has 0 aromatic rings. The predicted octanol–water partition coefficient (Wildman–Crippen LogP) is 3.59. The molecule has 0 aromatic carbocycles. The Morgan fingerprint density at radius 2 is 1.67 bits per heavy atom. The van der Waals surface area contributed by atoms with E-state index >= 15 is 0 Å². The lowest BCUT2D eigenvalue weighted by atomic mass is 9.86. The molecule has 0 fully saturated rings. The van der Waals surface area contributed by atoms with Gasteiger partial charge in [-0.3, -0.25) is 4.79 Å². The maximum atomic E-state index is 12.5. The lowest BCUT2D eigenvalue weighted by Gasteiger charge is -2.40. The number of nitrogens with one attached hydrogen (secondary N) is 1. The molecular weight excluding hydrogens is 258 g/mol. The standard InChI is InChI=1S/C13H31NO2Si2/c1-10-11(2)13(3,14-17(4,5)6)12(15)16-18(7,8)9/h11,14H,10H2,1-9H3. The molecule has 0 heterocycles. The number of carbonyl (C=O) groups excluding carboxylic acids is 1. The Morgan fingerprint density at radius 1 is 1.22 bits per heavy atom.